The summed E-state index contributed by atoms with van der Waals surface area (Å²) in [6.45, 7) is 6.62. The van der Waals surface area contributed by atoms with E-state index in [4.69, 9.17) is 4.99 Å². The van der Waals surface area contributed by atoms with Gasteiger partial charge in [-0.1, -0.05) is 30.8 Å². The van der Waals surface area contributed by atoms with Gasteiger partial charge in [-0.05, 0) is 67.8 Å². The molecule has 4 heterocycles. The number of hydrogen-bond donors (Lipinski definition) is 0. The molecular formula is C24H26N4S. The van der Waals surface area contributed by atoms with E-state index in [1.165, 1.54) is 27.7 Å². The van der Waals surface area contributed by atoms with Crippen LogP contribution in [0.3, 0.4) is 0 Å². The van der Waals surface area contributed by atoms with Crippen LogP contribution in [0.5, 0.6) is 0 Å². The molecule has 0 radical (unpaired) electrons. The first-order valence-electron chi connectivity index (χ1n) is 10.3. The molecule has 1 aromatic carbocycles. The number of aromatic nitrogens is 2. The van der Waals surface area contributed by atoms with E-state index in [9.17, 15) is 0 Å². The first-order chi connectivity index (χ1) is 14.2. The molecule has 4 nitrogen and oxygen atoms in total. The Hall–Kier alpha value is -2.53. The van der Waals surface area contributed by atoms with Crippen molar-refractivity contribution >= 4 is 16.9 Å². The number of pyridine rings is 1. The molecule has 3 aromatic rings. The first kappa shape index (κ1) is 18.5. The second-order valence-corrected chi connectivity index (χ2v) is 8.90. The van der Waals surface area contributed by atoms with Crippen LogP contribution in [0.2, 0.25) is 0 Å². The zero-order chi connectivity index (χ0) is 20.0. The van der Waals surface area contributed by atoms with Gasteiger partial charge in [0.05, 0.1) is 5.69 Å². The van der Waals surface area contributed by atoms with Crippen molar-refractivity contribution in [3.63, 3.8) is 0 Å². The zero-order valence-corrected chi connectivity index (χ0v) is 17.9. The van der Waals surface area contributed by atoms with Crippen molar-refractivity contribution in [2.24, 2.45) is 4.99 Å². The van der Waals surface area contributed by atoms with E-state index in [0.29, 0.717) is 6.04 Å². The molecule has 0 saturated carbocycles. The minimum atomic E-state index is 0.0215. The molecule has 2 aliphatic rings. The third-order valence-electron chi connectivity index (χ3n) is 6.18. The van der Waals surface area contributed by atoms with Crippen molar-refractivity contribution < 1.29 is 0 Å². The predicted molar refractivity (Wildman–Crippen MR) is 121 cm³/mol. The van der Waals surface area contributed by atoms with Gasteiger partial charge in [-0.15, -0.1) is 0 Å². The van der Waals surface area contributed by atoms with Crippen molar-refractivity contribution in [1.82, 2.24) is 14.5 Å². The third kappa shape index (κ3) is 3.08. The monoisotopic (exact) mass is 402 g/mol. The predicted octanol–water partition coefficient (Wildman–Crippen LogP) is 5.47. The van der Waals surface area contributed by atoms with E-state index in [-0.39, 0.29) is 12.1 Å². The lowest BCUT2D eigenvalue weighted by molar-refractivity contribution is 0.249. The number of thioether (sulfide) groups is 1. The second-order valence-electron chi connectivity index (χ2n) is 7.91. The lowest BCUT2D eigenvalue weighted by atomic mass is 9.99. The molecule has 0 spiro atoms. The number of benzene rings is 1. The summed E-state index contributed by atoms with van der Waals surface area (Å²) in [5, 5.41) is 1.17. The normalized spacial score (nSPS) is 23.3. The molecule has 148 valence electrons. The minimum Gasteiger partial charge on any atom is -0.337 e. The molecular weight excluding hydrogens is 376 g/mol. The Morgan fingerprint density at radius 3 is 2.72 bits per heavy atom. The number of nitrogens with zero attached hydrogens (tertiary/aromatic N) is 4. The first-order valence-corrected chi connectivity index (χ1v) is 11.3. The smallest absolute Gasteiger partial charge is 0.160 e. The van der Waals surface area contributed by atoms with E-state index in [0.717, 1.165) is 17.9 Å². The second kappa shape index (κ2) is 7.38. The molecule has 5 rings (SSSR count). The van der Waals surface area contributed by atoms with Crippen LogP contribution in [0.15, 0.2) is 65.9 Å². The maximum Gasteiger partial charge on any atom is 0.160 e. The molecule has 0 unspecified atom stereocenters. The Labute approximate surface area is 176 Å². The SMILES string of the molecule is CC[C@H]1CSC2=N[C@H](c3ccccn3)[C@@H](c3cccn3-c3ccc(C)c(C)c3)N21. The van der Waals surface area contributed by atoms with E-state index in [1.807, 2.05) is 24.0 Å². The van der Waals surface area contributed by atoms with Gasteiger partial charge in [-0.2, -0.15) is 0 Å². The third-order valence-corrected chi connectivity index (χ3v) is 7.31. The van der Waals surface area contributed by atoms with Crippen molar-refractivity contribution in [1.29, 1.82) is 0 Å². The largest absolute Gasteiger partial charge is 0.337 e. The quantitative estimate of drug-likeness (QED) is 0.580. The van der Waals surface area contributed by atoms with Crippen LogP contribution in [0.1, 0.15) is 47.9 Å². The Bertz CT molecular complexity index is 1060. The minimum absolute atomic E-state index is 0.0215. The van der Waals surface area contributed by atoms with Crippen LogP contribution in [-0.4, -0.2) is 31.4 Å². The highest BCUT2D eigenvalue weighted by Crippen LogP contribution is 2.48. The maximum atomic E-state index is 5.15. The van der Waals surface area contributed by atoms with Crippen molar-refractivity contribution in [3.05, 3.63) is 83.4 Å². The van der Waals surface area contributed by atoms with Gasteiger partial charge < -0.3 is 9.47 Å². The topological polar surface area (TPSA) is 33.4 Å². The molecule has 5 heteroatoms. The highest BCUT2D eigenvalue weighted by Gasteiger charge is 2.46. The summed E-state index contributed by atoms with van der Waals surface area (Å²) >= 11 is 1.89. The Balaban J connectivity index is 1.63. The van der Waals surface area contributed by atoms with Gasteiger partial charge in [0.2, 0.25) is 0 Å². The van der Waals surface area contributed by atoms with Gasteiger partial charge in [0, 0.05) is 35.6 Å². The van der Waals surface area contributed by atoms with Crippen LogP contribution < -0.4 is 0 Å². The van der Waals surface area contributed by atoms with E-state index >= 15 is 0 Å². The van der Waals surface area contributed by atoms with E-state index in [1.54, 1.807) is 0 Å². The van der Waals surface area contributed by atoms with E-state index < -0.39 is 0 Å². The van der Waals surface area contributed by atoms with Gasteiger partial charge in [-0.3, -0.25) is 9.98 Å². The standard InChI is InChI=1S/C24H26N4S/c1-4-18-15-29-24-26-22(20-8-5-6-12-25-20)23(28(18)24)21-9-7-13-27(21)19-11-10-16(2)17(3)14-19/h5-14,18,22-23H,4,15H2,1-3H3/t18-,22+,23+/m0/s1. The van der Waals surface area contributed by atoms with Crippen LogP contribution in [0.25, 0.3) is 5.69 Å². The lowest BCUT2D eigenvalue weighted by Crippen LogP contribution is -2.36. The maximum absolute atomic E-state index is 5.15. The average molecular weight is 403 g/mol. The summed E-state index contributed by atoms with van der Waals surface area (Å²) in [6, 6.07) is 18.0. The zero-order valence-electron chi connectivity index (χ0n) is 17.1. The van der Waals surface area contributed by atoms with Crippen LogP contribution in [-0.2, 0) is 0 Å². The highest BCUT2D eigenvalue weighted by atomic mass is 32.2. The van der Waals surface area contributed by atoms with Gasteiger partial charge in [0.1, 0.15) is 12.1 Å². The summed E-state index contributed by atoms with van der Waals surface area (Å²) in [6.07, 6.45) is 5.18. The number of aliphatic imine (C=N–C) groups is 1. The van der Waals surface area contributed by atoms with Crippen molar-refractivity contribution in [2.75, 3.05) is 5.75 Å². The summed E-state index contributed by atoms with van der Waals surface area (Å²) < 4.78 is 2.33. The van der Waals surface area contributed by atoms with Crippen molar-refractivity contribution in [2.45, 2.75) is 45.3 Å². The molecule has 1 fully saturated rings. The lowest BCUT2D eigenvalue weighted by Gasteiger charge is -2.32. The average Bonchev–Trinajstić information content (AvgIpc) is 3.45. The molecule has 0 amide bonds. The van der Waals surface area contributed by atoms with Crippen LogP contribution in [0.4, 0.5) is 0 Å². The number of amidine groups is 1. The summed E-state index contributed by atoms with van der Waals surface area (Å²) in [4.78, 5) is 12.4. The Morgan fingerprint density at radius 1 is 1.07 bits per heavy atom. The highest BCUT2D eigenvalue weighted by molar-refractivity contribution is 8.14. The number of hydrogen-bond acceptors (Lipinski definition) is 4. The number of rotatable bonds is 4. The Kier molecular flexibility index (Phi) is 4.70. The van der Waals surface area contributed by atoms with Gasteiger partial charge in [0.25, 0.3) is 0 Å². The summed E-state index contributed by atoms with van der Waals surface area (Å²) in [7, 11) is 0. The Morgan fingerprint density at radius 2 is 1.97 bits per heavy atom. The molecule has 0 N–H and O–H groups in total. The summed E-state index contributed by atoms with van der Waals surface area (Å²) in [5.74, 6) is 1.12. The fourth-order valence-corrected chi connectivity index (χ4v) is 5.75. The van der Waals surface area contributed by atoms with Gasteiger partial charge in [0.15, 0.2) is 5.17 Å². The number of fused-ring (bicyclic) bond motifs is 1. The summed E-state index contributed by atoms with van der Waals surface area (Å²) in [5.41, 5.74) is 6.17. The van der Waals surface area contributed by atoms with Crippen LogP contribution >= 0.6 is 11.8 Å². The molecule has 2 aliphatic heterocycles. The van der Waals surface area contributed by atoms with Crippen LogP contribution in [0, 0.1) is 13.8 Å². The molecule has 0 bridgehead atoms. The molecule has 0 aliphatic carbocycles. The molecule has 29 heavy (non-hydrogen) atoms. The number of aryl methyl sites for hydroxylation is 2. The molecule has 2 aromatic heterocycles. The van der Waals surface area contributed by atoms with Gasteiger partial charge >= 0.3 is 0 Å². The van der Waals surface area contributed by atoms with Crippen molar-refractivity contribution in [3.8, 4) is 5.69 Å². The van der Waals surface area contributed by atoms with Gasteiger partial charge in [-0.25, -0.2) is 0 Å². The fraction of sp³-hybridized carbons (Fsp3) is 0.333. The van der Waals surface area contributed by atoms with E-state index in [2.05, 4.69) is 83.9 Å². The molecule has 1 saturated heterocycles. The fourth-order valence-electron chi connectivity index (χ4n) is 4.42. The molecule has 3 atom stereocenters.